The number of benzene rings is 1. The molecule has 1 aromatic rings. The van der Waals surface area contributed by atoms with E-state index in [1.165, 1.54) is 12.7 Å². The van der Waals surface area contributed by atoms with Crippen LogP contribution in [0.5, 0.6) is 0 Å². The van der Waals surface area contributed by atoms with Crippen LogP contribution in [-0.4, -0.2) is 33.7 Å². The molecule has 0 unspecified atom stereocenters. The van der Waals surface area contributed by atoms with E-state index in [9.17, 15) is 13.2 Å². The van der Waals surface area contributed by atoms with Gasteiger partial charge in [0.25, 0.3) is 0 Å². The molecule has 132 valence electrons. The standard InChI is InChI=1S/C18H26N2O3S/c1-13-14(11-24(2,22)23)6-5-8-16(13)20-17(21)18-9-4-3-7-15(18)10-19-12-18/h5-6,8,15,19H,3-4,7,9-12H2,1-2H3,(H,20,21)/t15-,18+/m0/s1. The molecule has 6 heteroatoms. The second-order valence-corrected chi connectivity index (χ2v) is 9.48. The molecule has 1 aliphatic heterocycles. The van der Waals surface area contributed by atoms with Crippen molar-refractivity contribution in [2.24, 2.45) is 11.3 Å². The molecule has 0 bridgehead atoms. The summed E-state index contributed by atoms with van der Waals surface area (Å²) in [5, 5.41) is 6.48. The van der Waals surface area contributed by atoms with Crippen molar-refractivity contribution in [3.05, 3.63) is 29.3 Å². The van der Waals surface area contributed by atoms with E-state index in [0.29, 0.717) is 5.92 Å². The molecule has 2 atom stereocenters. The van der Waals surface area contributed by atoms with Crippen LogP contribution in [0.25, 0.3) is 0 Å². The van der Waals surface area contributed by atoms with Crippen LogP contribution in [0.1, 0.15) is 36.8 Å². The fourth-order valence-electron chi connectivity index (χ4n) is 4.19. The molecule has 0 spiro atoms. The van der Waals surface area contributed by atoms with Crippen LogP contribution in [-0.2, 0) is 20.4 Å². The number of hydrogen-bond donors (Lipinski definition) is 2. The van der Waals surface area contributed by atoms with E-state index < -0.39 is 9.84 Å². The number of anilines is 1. The van der Waals surface area contributed by atoms with Crippen LogP contribution in [0.2, 0.25) is 0 Å². The van der Waals surface area contributed by atoms with E-state index in [1.54, 1.807) is 0 Å². The van der Waals surface area contributed by atoms with E-state index in [1.807, 2.05) is 25.1 Å². The fraction of sp³-hybridized carbons (Fsp3) is 0.611. The van der Waals surface area contributed by atoms with Crippen LogP contribution in [0.15, 0.2) is 18.2 Å². The number of amides is 1. The smallest absolute Gasteiger partial charge is 0.232 e. The predicted octanol–water partition coefficient (Wildman–Crippen LogP) is 2.26. The van der Waals surface area contributed by atoms with Gasteiger partial charge in [0.15, 0.2) is 9.84 Å². The number of sulfone groups is 1. The SMILES string of the molecule is Cc1c(CS(C)(=O)=O)cccc1NC(=O)[C@@]12CCCC[C@H]1CNC2. The molecule has 1 saturated carbocycles. The molecule has 3 rings (SSSR count). The van der Waals surface area contributed by atoms with Gasteiger partial charge in [0, 0.05) is 18.5 Å². The van der Waals surface area contributed by atoms with E-state index in [-0.39, 0.29) is 17.1 Å². The second kappa shape index (κ2) is 6.48. The summed E-state index contributed by atoms with van der Waals surface area (Å²) in [5.41, 5.74) is 2.01. The Labute approximate surface area is 144 Å². The molecule has 2 fully saturated rings. The van der Waals surface area contributed by atoms with Crippen molar-refractivity contribution in [3.63, 3.8) is 0 Å². The van der Waals surface area contributed by atoms with Gasteiger partial charge in [-0.15, -0.1) is 0 Å². The topological polar surface area (TPSA) is 75.3 Å². The highest BCUT2D eigenvalue weighted by Crippen LogP contribution is 2.44. The molecule has 1 aliphatic carbocycles. The predicted molar refractivity (Wildman–Crippen MR) is 95.6 cm³/mol. The van der Waals surface area contributed by atoms with Crippen molar-refractivity contribution < 1.29 is 13.2 Å². The largest absolute Gasteiger partial charge is 0.325 e. The van der Waals surface area contributed by atoms with Gasteiger partial charge in [-0.2, -0.15) is 0 Å². The summed E-state index contributed by atoms with van der Waals surface area (Å²) in [7, 11) is -3.10. The van der Waals surface area contributed by atoms with Crippen molar-refractivity contribution in [3.8, 4) is 0 Å². The molecule has 24 heavy (non-hydrogen) atoms. The zero-order valence-electron chi connectivity index (χ0n) is 14.4. The minimum Gasteiger partial charge on any atom is -0.325 e. The summed E-state index contributed by atoms with van der Waals surface area (Å²) < 4.78 is 23.2. The molecule has 2 N–H and O–H groups in total. The Bertz CT molecular complexity index is 745. The van der Waals surface area contributed by atoms with E-state index in [2.05, 4.69) is 10.6 Å². The van der Waals surface area contributed by atoms with Gasteiger partial charge in [-0.05, 0) is 49.4 Å². The van der Waals surface area contributed by atoms with E-state index in [4.69, 9.17) is 0 Å². The van der Waals surface area contributed by atoms with Gasteiger partial charge in [0.2, 0.25) is 5.91 Å². The molecule has 1 heterocycles. The second-order valence-electron chi connectivity index (χ2n) is 7.34. The molecule has 0 aromatic heterocycles. The van der Waals surface area contributed by atoms with Crippen molar-refractivity contribution in [1.29, 1.82) is 0 Å². The van der Waals surface area contributed by atoms with Crippen molar-refractivity contribution in [1.82, 2.24) is 5.32 Å². The molecule has 1 amide bonds. The van der Waals surface area contributed by atoms with Gasteiger partial charge in [0.05, 0.1) is 11.2 Å². The number of carbonyl (C=O) groups excluding carboxylic acids is 1. The van der Waals surface area contributed by atoms with Gasteiger partial charge in [-0.1, -0.05) is 25.0 Å². The van der Waals surface area contributed by atoms with Crippen LogP contribution < -0.4 is 10.6 Å². The maximum Gasteiger partial charge on any atom is 0.232 e. The summed E-state index contributed by atoms with van der Waals surface area (Å²) in [5.74, 6) is 0.486. The summed E-state index contributed by atoms with van der Waals surface area (Å²) in [6.45, 7) is 3.53. The summed E-state index contributed by atoms with van der Waals surface area (Å²) in [6, 6.07) is 5.48. The lowest BCUT2D eigenvalue weighted by molar-refractivity contribution is -0.128. The monoisotopic (exact) mass is 350 g/mol. The van der Waals surface area contributed by atoms with E-state index >= 15 is 0 Å². The Kier molecular flexibility index (Phi) is 4.71. The zero-order valence-corrected chi connectivity index (χ0v) is 15.2. The first-order valence-electron chi connectivity index (χ1n) is 8.60. The van der Waals surface area contributed by atoms with Gasteiger partial charge < -0.3 is 10.6 Å². The summed E-state index contributed by atoms with van der Waals surface area (Å²) >= 11 is 0. The molecule has 0 radical (unpaired) electrons. The van der Waals surface area contributed by atoms with Crippen molar-refractivity contribution >= 4 is 21.4 Å². The third-order valence-electron chi connectivity index (χ3n) is 5.60. The van der Waals surface area contributed by atoms with Crippen LogP contribution in [0.3, 0.4) is 0 Å². The lowest BCUT2D eigenvalue weighted by Crippen LogP contribution is -2.44. The summed E-state index contributed by atoms with van der Waals surface area (Å²) in [4.78, 5) is 13.1. The average molecular weight is 350 g/mol. The first kappa shape index (κ1) is 17.4. The first-order chi connectivity index (χ1) is 11.3. The van der Waals surface area contributed by atoms with Gasteiger partial charge in [0.1, 0.15) is 0 Å². The normalized spacial score (nSPS) is 26.8. The van der Waals surface area contributed by atoms with Gasteiger partial charge in [-0.3, -0.25) is 4.79 Å². The van der Waals surface area contributed by atoms with Crippen LogP contribution in [0.4, 0.5) is 5.69 Å². The van der Waals surface area contributed by atoms with Crippen LogP contribution >= 0.6 is 0 Å². The Morgan fingerprint density at radius 3 is 2.92 bits per heavy atom. The zero-order chi connectivity index (χ0) is 17.4. The minimum atomic E-state index is -3.10. The Balaban J connectivity index is 1.83. The Morgan fingerprint density at radius 2 is 2.17 bits per heavy atom. The van der Waals surface area contributed by atoms with Gasteiger partial charge >= 0.3 is 0 Å². The quantitative estimate of drug-likeness (QED) is 0.873. The third kappa shape index (κ3) is 3.35. The van der Waals surface area contributed by atoms with Crippen molar-refractivity contribution in [2.75, 3.05) is 24.7 Å². The molecular formula is C18H26N2O3S. The molecule has 1 saturated heterocycles. The Morgan fingerprint density at radius 1 is 1.38 bits per heavy atom. The molecule has 2 aliphatic rings. The number of hydrogen-bond acceptors (Lipinski definition) is 4. The molecular weight excluding hydrogens is 324 g/mol. The summed E-state index contributed by atoms with van der Waals surface area (Å²) in [6.07, 6.45) is 5.56. The lowest BCUT2D eigenvalue weighted by Gasteiger charge is -2.37. The first-order valence-corrected chi connectivity index (χ1v) is 10.7. The van der Waals surface area contributed by atoms with Crippen LogP contribution in [0, 0.1) is 18.3 Å². The Hall–Kier alpha value is -1.40. The third-order valence-corrected chi connectivity index (χ3v) is 6.44. The maximum absolute atomic E-state index is 13.1. The fourth-order valence-corrected chi connectivity index (χ4v) is 5.07. The maximum atomic E-state index is 13.1. The highest BCUT2D eigenvalue weighted by atomic mass is 32.2. The number of fused-ring (bicyclic) bond motifs is 1. The lowest BCUT2D eigenvalue weighted by atomic mass is 9.67. The number of rotatable bonds is 4. The highest BCUT2D eigenvalue weighted by Gasteiger charge is 2.49. The highest BCUT2D eigenvalue weighted by molar-refractivity contribution is 7.89. The molecule has 5 nitrogen and oxygen atoms in total. The average Bonchev–Trinajstić information content (AvgIpc) is 2.95. The number of carbonyl (C=O) groups is 1. The van der Waals surface area contributed by atoms with Crippen molar-refractivity contribution in [2.45, 2.75) is 38.4 Å². The number of nitrogens with one attached hydrogen (secondary N) is 2. The van der Waals surface area contributed by atoms with Gasteiger partial charge in [-0.25, -0.2) is 8.42 Å². The minimum absolute atomic E-state index is 0.00212. The molecule has 1 aromatic carbocycles. The van der Waals surface area contributed by atoms with E-state index in [0.717, 1.165) is 49.2 Å².